The molecule has 9 heteroatoms. The minimum Gasteiger partial charge on any atom is -0.349 e. The van der Waals surface area contributed by atoms with Gasteiger partial charge in [-0.15, -0.1) is 0 Å². The van der Waals surface area contributed by atoms with Crippen LogP contribution in [0.25, 0.3) is 10.9 Å². The topological polar surface area (TPSA) is 82.3 Å². The zero-order valence-electron chi connectivity index (χ0n) is 15.4. The number of hydrogen-bond acceptors (Lipinski definition) is 3. The van der Waals surface area contributed by atoms with E-state index in [4.69, 9.17) is 23.2 Å². The Kier molecular flexibility index (Phi) is 5.57. The number of halogens is 2. The molecule has 0 unspecified atom stereocenters. The molecule has 1 aliphatic heterocycles. The first kappa shape index (κ1) is 20.2. The third-order valence-corrected chi connectivity index (χ3v) is 7.54. The number of carbonyl (C=O) groups is 1. The number of rotatable bonds is 5. The molecule has 0 bridgehead atoms. The number of sulfonamides is 1. The number of nitrogens with zero attached hydrogens (tertiary/aromatic N) is 1. The number of fused-ring (bicyclic) bond motifs is 1. The third kappa shape index (κ3) is 4.00. The summed E-state index contributed by atoms with van der Waals surface area (Å²) in [4.78, 5) is 15.8. The fourth-order valence-electron chi connectivity index (χ4n) is 3.42. The standard InChI is InChI=1S/C20H19Cl2N3O3S/c21-14-5-8-17-16(11-14)18(22)19(24-17)20(26)23-12-13-3-6-15(7-4-13)29(27,28)25-9-1-2-10-25/h3-8,11,24H,1-2,9-10,12H2,(H,23,26). The van der Waals surface area contributed by atoms with Gasteiger partial charge in [0, 0.05) is 35.6 Å². The van der Waals surface area contributed by atoms with E-state index in [2.05, 4.69) is 10.3 Å². The van der Waals surface area contributed by atoms with E-state index in [1.165, 1.54) is 4.31 Å². The minimum atomic E-state index is -3.44. The van der Waals surface area contributed by atoms with Gasteiger partial charge in [-0.3, -0.25) is 4.79 Å². The zero-order chi connectivity index (χ0) is 20.6. The SMILES string of the molecule is O=C(NCc1ccc(S(=O)(=O)N2CCCC2)cc1)c1[nH]c2ccc(Cl)cc2c1Cl. The molecule has 6 nitrogen and oxygen atoms in total. The Balaban J connectivity index is 1.45. The van der Waals surface area contributed by atoms with E-state index >= 15 is 0 Å². The molecule has 1 aromatic heterocycles. The lowest BCUT2D eigenvalue weighted by Crippen LogP contribution is -2.28. The van der Waals surface area contributed by atoms with Crippen molar-refractivity contribution in [2.75, 3.05) is 13.1 Å². The van der Waals surface area contributed by atoms with E-state index in [0.717, 1.165) is 23.9 Å². The van der Waals surface area contributed by atoms with Crippen LogP contribution in [0.2, 0.25) is 10.0 Å². The summed E-state index contributed by atoms with van der Waals surface area (Å²) in [6.45, 7) is 1.38. The quantitative estimate of drug-likeness (QED) is 0.609. The van der Waals surface area contributed by atoms with Crippen molar-refractivity contribution in [2.24, 2.45) is 0 Å². The highest BCUT2D eigenvalue weighted by Gasteiger charge is 2.26. The molecule has 4 rings (SSSR count). The summed E-state index contributed by atoms with van der Waals surface area (Å²) in [7, 11) is -3.44. The number of amides is 1. The maximum atomic E-state index is 12.6. The molecule has 1 amide bonds. The smallest absolute Gasteiger partial charge is 0.269 e. The van der Waals surface area contributed by atoms with E-state index in [1.54, 1.807) is 42.5 Å². The van der Waals surface area contributed by atoms with Crippen molar-refractivity contribution in [3.8, 4) is 0 Å². The van der Waals surface area contributed by atoms with Gasteiger partial charge in [-0.25, -0.2) is 8.42 Å². The predicted octanol–water partition coefficient (Wildman–Crippen LogP) is 4.19. The lowest BCUT2D eigenvalue weighted by molar-refractivity contribution is 0.0947. The highest BCUT2D eigenvalue weighted by molar-refractivity contribution is 7.89. The Morgan fingerprint density at radius 2 is 1.76 bits per heavy atom. The monoisotopic (exact) mass is 451 g/mol. The van der Waals surface area contributed by atoms with Crippen molar-refractivity contribution in [3.05, 3.63) is 63.8 Å². The molecule has 0 atom stereocenters. The van der Waals surface area contributed by atoms with Crippen LogP contribution in [0.3, 0.4) is 0 Å². The predicted molar refractivity (Wildman–Crippen MR) is 114 cm³/mol. The lowest BCUT2D eigenvalue weighted by atomic mass is 10.2. The van der Waals surface area contributed by atoms with Crippen LogP contribution < -0.4 is 5.32 Å². The van der Waals surface area contributed by atoms with Gasteiger partial charge in [0.15, 0.2) is 0 Å². The van der Waals surface area contributed by atoms with Crippen molar-refractivity contribution in [3.63, 3.8) is 0 Å². The van der Waals surface area contributed by atoms with E-state index < -0.39 is 10.0 Å². The van der Waals surface area contributed by atoms with Gasteiger partial charge < -0.3 is 10.3 Å². The molecular weight excluding hydrogens is 433 g/mol. The highest BCUT2D eigenvalue weighted by atomic mass is 35.5. The van der Waals surface area contributed by atoms with Gasteiger partial charge >= 0.3 is 0 Å². The first-order valence-electron chi connectivity index (χ1n) is 9.20. The molecule has 2 aromatic carbocycles. The van der Waals surface area contributed by atoms with E-state index in [1.807, 2.05) is 0 Å². The van der Waals surface area contributed by atoms with E-state index in [-0.39, 0.29) is 23.0 Å². The van der Waals surface area contributed by atoms with Crippen LogP contribution in [0.15, 0.2) is 47.4 Å². The fraction of sp³-hybridized carbons (Fsp3) is 0.250. The lowest BCUT2D eigenvalue weighted by Gasteiger charge is -2.15. The maximum absolute atomic E-state index is 12.6. The van der Waals surface area contributed by atoms with Gasteiger partial charge in [0.2, 0.25) is 10.0 Å². The first-order valence-corrected chi connectivity index (χ1v) is 11.4. The number of H-pyrrole nitrogens is 1. The Morgan fingerprint density at radius 3 is 2.45 bits per heavy atom. The number of benzene rings is 2. The molecule has 3 aromatic rings. The molecule has 1 saturated heterocycles. The second-order valence-corrected chi connectivity index (χ2v) is 9.69. The van der Waals surface area contributed by atoms with Crippen LogP contribution >= 0.6 is 23.2 Å². The summed E-state index contributed by atoms with van der Waals surface area (Å²) in [5.41, 5.74) is 1.77. The summed E-state index contributed by atoms with van der Waals surface area (Å²) in [6.07, 6.45) is 1.79. The van der Waals surface area contributed by atoms with Gasteiger partial charge in [0.1, 0.15) is 5.69 Å². The second-order valence-electron chi connectivity index (χ2n) is 6.94. The van der Waals surface area contributed by atoms with E-state index in [0.29, 0.717) is 28.5 Å². The molecule has 0 saturated carbocycles. The van der Waals surface area contributed by atoms with Crippen LogP contribution in [0, 0.1) is 0 Å². The molecule has 1 fully saturated rings. The number of aromatic nitrogens is 1. The van der Waals surface area contributed by atoms with Crippen molar-refractivity contribution >= 4 is 50.0 Å². The van der Waals surface area contributed by atoms with Crippen LogP contribution in [-0.4, -0.2) is 36.7 Å². The summed E-state index contributed by atoms with van der Waals surface area (Å²) < 4.78 is 26.7. The van der Waals surface area contributed by atoms with Crippen LogP contribution in [0.1, 0.15) is 28.9 Å². The Labute approximate surface area is 178 Å². The van der Waals surface area contributed by atoms with Gasteiger partial charge in [-0.1, -0.05) is 35.3 Å². The van der Waals surface area contributed by atoms with Crippen LogP contribution in [0.5, 0.6) is 0 Å². The van der Waals surface area contributed by atoms with Crippen molar-refractivity contribution in [1.29, 1.82) is 0 Å². The number of carbonyl (C=O) groups excluding carboxylic acids is 1. The summed E-state index contributed by atoms with van der Waals surface area (Å²) >= 11 is 12.3. The van der Waals surface area contributed by atoms with Crippen LogP contribution in [0.4, 0.5) is 0 Å². The normalized spacial score (nSPS) is 15.1. The maximum Gasteiger partial charge on any atom is 0.269 e. The average molecular weight is 452 g/mol. The second kappa shape index (κ2) is 7.99. The Morgan fingerprint density at radius 1 is 1.07 bits per heavy atom. The van der Waals surface area contributed by atoms with Gasteiger partial charge in [-0.2, -0.15) is 4.31 Å². The molecule has 29 heavy (non-hydrogen) atoms. The highest BCUT2D eigenvalue weighted by Crippen LogP contribution is 2.29. The van der Waals surface area contributed by atoms with Gasteiger partial charge in [0.25, 0.3) is 5.91 Å². The summed E-state index contributed by atoms with van der Waals surface area (Å²) in [5, 5.41) is 4.33. The van der Waals surface area contributed by atoms with Crippen molar-refractivity contribution < 1.29 is 13.2 Å². The van der Waals surface area contributed by atoms with E-state index in [9.17, 15) is 13.2 Å². The largest absolute Gasteiger partial charge is 0.349 e. The molecular formula is C20H19Cl2N3O3S. The number of aromatic amines is 1. The Hall–Kier alpha value is -2.06. The van der Waals surface area contributed by atoms with Crippen LogP contribution in [-0.2, 0) is 16.6 Å². The molecule has 0 aliphatic carbocycles. The van der Waals surface area contributed by atoms with Crippen molar-refractivity contribution in [1.82, 2.24) is 14.6 Å². The molecule has 0 spiro atoms. The summed E-state index contributed by atoms with van der Waals surface area (Å²) in [6, 6.07) is 11.7. The molecule has 2 heterocycles. The minimum absolute atomic E-state index is 0.245. The fourth-order valence-corrected chi connectivity index (χ4v) is 5.39. The number of nitrogens with one attached hydrogen (secondary N) is 2. The third-order valence-electron chi connectivity index (χ3n) is 5.00. The first-order chi connectivity index (χ1) is 13.9. The molecule has 152 valence electrons. The van der Waals surface area contributed by atoms with Gasteiger partial charge in [0.05, 0.1) is 9.92 Å². The Bertz CT molecular complexity index is 1170. The molecule has 2 N–H and O–H groups in total. The number of hydrogen-bond donors (Lipinski definition) is 2. The summed E-state index contributed by atoms with van der Waals surface area (Å²) in [5.74, 6) is -0.351. The zero-order valence-corrected chi connectivity index (χ0v) is 17.7. The van der Waals surface area contributed by atoms with Crippen molar-refractivity contribution in [2.45, 2.75) is 24.3 Å². The molecule has 0 radical (unpaired) electrons. The van der Waals surface area contributed by atoms with Gasteiger partial charge in [-0.05, 0) is 48.7 Å². The average Bonchev–Trinajstić information content (AvgIpc) is 3.36. The molecule has 1 aliphatic rings.